The maximum Gasteiger partial charge on any atom is 0.232 e. The van der Waals surface area contributed by atoms with Gasteiger partial charge in [-0.1, -0.05) is 55.5 Å². The lowest BCUT2D eigenvalue weighted by Gasteiger charge is -2.33. The smallest absolute Gasteiger partial charge is 0.232 e. The van der Waals surface area contributed by atoms with Crippen LogP contribution in [0.2, 0.25) is 0 Å². The first-order valence-electron chi connectivity index (χ1n) is 7.61. The molecule has 2 aromatic heterocycles. The van der Waals surface area contributed by atoms with Crippen LogP contribution in [-0.2, 0) is 4.79 Å². The Morgan fingerprint density at radius 1 is 1.08 bits per heavy atom. The highest BCUT2D eigenvalue weighted by Gasteiger charge is 2.39. The van der Waals surface area contributed by atoms with E-state index in [9.17, 15) is 4.79 Å². The molecule has 0 bridgehead atoms. The lowest BCUT2D eigenvalue weighted by Crippen LogP contribution is -2.37. The summed E-state index contributed by atoms with van der Waals surface area (Å²) in [5.41, 5.74) is 3.05. The predicted molar refractivity (Wildman–Crippen MR) is 94.8 cm³/mol. The average molecular weight is 338 g/mol. The summed E-state index contributed by atoms with van der Waals surface area (Å²) in [5, 5.41) is 11.0. The summed E-state index contributed by atoms with van der Waals surface area (Å²) in [7, 11) is 0. The lowest BCUT2D eigenvalue weighted by molar-refractivity contribution is -0.124. The molecule has 1 aromatic carbocycles. The molecule has 3 aromatic rings. The van der Waals surface area contributed by atoms with Crippen molar-refractivity contribution >= 4 is 22.4 Å². The van der Waals surface area contributed by atoms with Crippen LogP contribution < -0.4 is 5.32 Å². The third-order valence-electron chi connectivity index (χ3n) is 4.06. The fourth-order valence-corrected chi connectivity index (χ4v) is 3.28. The Kier molecular flexibility index (Phi) is 4.66. The van der Waals surface area contributed by atoms with Crippen LogP contribution in [0.1, 0.15) is 30.9 Å². The fraction of sp³-hybridized carbons (Fsp3) is 0.222. The van der Waals surface area contributed by atoms with E-state index in [2.05, 4.69) is 20.5 Å². The number of amides is 1. The molecule has 1 amide bonds. The minimum Gasteiger partial charge on any atom is -0.300 e. The van der Waals surface area contributed by atoms with Gasteiger partial charge in [0.15, 0.2) is 0 Å². The zero-order valence-electron chi connectivity index (χ0n) is 13.5. The van der Waals surface area contributed by atoms with Gasteiger partial charge in [-0.2, -0.15) is 0 Å². The SMILES string of the molecule is CC(C)(C(=O)Nc1nncs1)C(c1ccccc1)c1ccncc1. The van der Waals surface area contributed by atoms with Gasteiger partial charge in [-0.15, -0.1) is 10.2 Å². The van der Waals surface area contributed by atoms with Gasteiger partial charge in [0, 0.05) is 18.3 Å². The van der Waals surface area contributed by atoms with Gasteiger partial charge in [-0.3, -0.25) is 9.78 Å². The van der Waals surface area contributed by atoms with Gasteiger partial charge in [0.25, 0.3) is 0 Å². The molecular weight excluding hydrogens is 320 g/mol. The van der Waals surface area contributed by atoms with Crippen LogP contribution in [0.4, 0.5) is 5.13 Å². The predicted octanol–water partition coefficient (Wildman–Crippen LogP) is 3.73. The molecule has 3 rings (SSSR count). The average Bonchev–Trinajstić information content (AvgIpc) is 3.10. The van der Waals surface area contributed by atoms with Crippen molar-refractivity contribution < 1.29 is 4.79 Å². The summed E-state index contributed by atoms with van der Waals surface area (Å²) in [5.74, 6) is -0.195. The number of pyridine rings is 1. The van der Waals surface area contributed by atoms with Crippen molar-refractivity contribution in [1.29, 1.82) is 0 Å². The van der Waals surface area contributed by atoms with E-state index in [4.69, 9.17) is 0 Å². The molecule has 6 heteroatoms. The summed E-state index contributed by atoms with van der Waals surface area (Å²) in [6.07, 6.45) is 3.51. The summed E-state index contributed by atoms with van der Waals surface area (Å²) in [6.45, 7) is 3.89. The molecule has 0 saturated carbocycles. The van der Waals surface area contributed by atoms with Crippen LogP contribution in [0, 0.1) is 5.41 Å². The molecular formula is C18H18N4OS. The largest absolute Gasteiger partial charge is 0.300 e. The number of carbonyl (C=O) groups is 1. The number of aromatic nitrogens is 3. The number of rotatable bonds is 5. The maximum atomic E-state index is 12.9. The zero-order valence-corrected chi connectivity index (χ0v) is 14.3. The topological polar surface area (TPSA) is 67.8 Å². The Morgan fingerprint density at radius 2 is 1.75 bits per heavy atom. The fourth-order valence-electron chi connectivity index (χ4n) is 2.84. The molecule has 0 spiro atoms. The minimum absolute atomic E-state index is 0.0927. The molecule has 1 atom stereocenters. The van der Waals surface area contributed by atoms with Crippen molar-refractivity contribution in [1.82, 2.24) is 15.2 Å². The highest BCUT2D eigenvalue weighted by Crippen LogP contribution is 2.41. The van der Waals surface area contributed by atoms with Crippen molar-refractivity contribution in [2.75, 3.05) is 5.32 Å². The van der Waals surface area contributed by atoms with Gasteiger partial charge < -0.3 is 5.32 Å². The van der Waals surface area contributed by atoms with Crippen LogP contribution in [0.5, 0.6) is 0 Å². The second-order valence-corrected chi connectivity index (χ2v) is 6.88. The van der Waals surface area contributed by atoms with Crippen LogP contribution in [0.25, 0.3) is 0 Å². The van der Waals surface area contributed by atoms with E-state index < -0.39 is 5.41 Å². The highest BCUT2D eigenvalue weighted by atomic mass is 32.1. The van der Waals surface area contributed by atoms with Crippen molar-refractivity contribution in [3.05, 3.63) is 71.5 Å². The van der Waals surface area contributed by atoms with Crippen LogP contribution in [0.15, 0.2) is 60.4 Å². The number of anilines is 1. The van der Waals surface area contributed by atoms with E-state index in [-0.39, 0.29) is 11.8 Å². The van der Waals surface area contributed by atoms with Crippen molar-refractivity contribution in [3.8, 4) is 0 Å². The van der Waals surface area contributed by atoms with E-state index in [1.807, 2.05) is 56.3 Å². The standard InChI is InChI=1S/C18H18N4OS/c1-18(2,16(23)21-17-22-20-12-24-17)15(13-6-4-3-5-7-13)14-8-10-19-11-9-14/h3-12,15H,1-2H3,(H,21,22,23). The first-order valence-corrected chi connectivity index (χ1v) is 8.49. The van der Waals surface area contributed by atoms with E-state index >= 15 is 0 Å². The summed E-state index contributed by atoms with van der Waals surface area (Å²) in [6, 6.07) is 14.0. The Balaban J connectivity index is 1.99. The van der Waals surface area contributed by atoms with Gasteiger partial charge >= 0.3 is 0 Å². The van der Waals surface area contributed by atoms with E-state index in [1.54, 1.807) is 17.9 Å². The quantitative estimate of drug-likeness (QED) is 0.770. The van der Waals surface area contributed by atoms with Crippen molar-refractivity contribution in [3.63, 3.8) is 0 Å². The summed E-state index contributed by atoms with van der Waals surface area (Å²) in [4.78, 5) is 17.0. The molecule has 0 aliphatic rings. The molecule has 1 N–H and O–H groups in total. The zero-order chi connectivity index (χ0) is 17.0. The molecule has 0 aliphatic heterocycles. The van der Waals surface area contributed by atoms with E-state index in [1.165, 1.54) is 11.3 Å². The molecule has 0 saturated heterocycles. The van der Waals surface area contributed by atoms with E-state index in [0.717, 1.165) is 11.1 Å². The third-order valence-corrected chi connectivity index (χ3v) is 4.67. The third kappa shape index (κ3) is 3.33. The first-order chi connectivity index (χ1) is 11.6. The van der Waals surface area contributed by atoms with Gasteiger partial charge in [0.2, 0.25) is 11.0 Å². The number of nitrogens with zero attached hydrogens (tertiary/aromatic N) is 3. The molecule has 24 heavy (non-hydrogen) atoms. The van der Waals surface area contributed by atoms with Crippen molar-refractivity contribution in [2.45, 2.75) is 19.8 Å². The summed E-state index contributed by atoms with van der Waals surface area (Å²) < 4.78 is 0. The maximum absolute atomic E-state index is 12.9. The Hall–Kier alpha value is -2.60. The van der Waals surface area contributed by atoms with Gasteiger partial charge in [0.1, 0.15) is 5.51 Å². The van der Waals surface area contributed by atoms with Gasteiger partial charge in [0.05, 0.1) is 5.41 Å². The molecule has 0 aliphatic carbocycles. The molecule has 122 valence electrons. The normalized spacial score (nSPS) is 12.6. The lowest BCUT2D eigenvalue weighted by atomic mass is 9.71. The molecule has 0 fully saturated rings. The molecule has 0 radical (unpaired) electrons. The number of hydrogen-bond acceptors (Lipinski definition) is 5. The van der Waals surface area contributed by atoms with Crippen LogP contribution in [-0.4, -0.2) is 21.1 Å². The second kappa shape index (κ2) is 6.88. The Labute approximate surface area is 144 Å². The van der Waals surface area contributed by atoms with Crippen LogP contribution >= 0.6 is 11.3 Å². The van der Waals surface area contributed by atoms with Crippen LogP contribution in [0.3, 0.4) is 0 Å². The number of hydrogen-bond donors (Lipinski definition) is 1. The molecule has 5 nitrogen and oxygen atoms in total. The second-order valence-electron chi connectivity index (χ2n) is 6.04. The first kappa shape index (κ1) is 16.3. The Morgan fingerprint density at radius 3 is 2.38 bits per heavy atom. The Bertz CT molecular complexity index is 749. The minimum atomic E-state index is -0.686. The highest BCUT2D eigenvalue weighted by molar-refractivity contribution is 7.13. The summed E-state index contributed by atoms with van der Waals surface area (Å²) >= 11 is 1.31. The van der Waals surface area contributed by atoms with Gasteiger partial charge in [-0.05, 0) is 23.3 Å². The van der Waals surface area contributed by atoms with Crippen molar-refractivity contribution in [2.24, 2.45) is 5.41 Å². The monoisotopic (exact) mass is 338 g/mol. The molecule has 2 heterocycles. The number of nitrogens with one attached hydrogen (secondary N) is 1. The molecule has 1 unspecified atom stereocenters. The van der Waals surface area contributed by atoms with E-state index in [0.29, 0.717) is 5.13 Å². The number of benzene rings is 1. The number of carbonyl (C=O) groups excluding carboxylic acids is 1. The van der Waals surface area contributed by atoms with Gasteiger partial charge in [-0.25, -0.2) is 0 Å².